The summed E-state index contributed by atoms with van der Waals surface area (Å²) in [4.78, 5) is 15.0. The number of hydrogen-bond donors (Lipinski definition) is 0. The van der Waals surface area contributed by atoms with Gasteiger partial charge >= 0.3 is 0 Å². The zero-order valence-electron chi connectivity index (χ0n) is 28.7. The Morgan fingerprint density at radius 3 is 1.42 bits per heavy atom. The van der Waals surface area contributed by atoms with Crippen LogP contribution in [0.2, 0.25) is 0 Å². The summed E-state index contributed by atoms with van der Waals surface area (Å²) in [6, 6.07) is 65.3. The van der Waals surface area contributed by atoms with Gasteiger partial charge in [-0.3, -0.25) is 4.98 Å². The molecule has 2 aliphatic rings. The van der Waals surface area contributed by atoms with Crippen LogP contribution < -0.4 is 0 Å². The molecule has 246 valence electrons. The van der Waals surface area contributed by atoms with Crippen molar-refractivity contribution in [1.29, 1.82) is 0 Å². The smallest absolute Gasteiger partial charge is 0.0973 e. The molecule has 3 nitrogen and oxygen atoms in total. The Bertz CT molecular complexity index is 2830. The van der Waals surface area contributed by atoms with Crippen LogP contribution in [0, 0.1) is 0 Å². The molecule has 0 fully saturated rings. The van der Waals surface area contributed by atoms with Gasteiger partial charge in [0.2, 0.25) is 0 Å². The fourth-order valence-electron chi connectivity index (χ4n) is 8.83. The Labute approximate surface area is 308 Å². The molecule has 0 unspecified atom stereocenters. The predicted octanol–water partition coefficient (Wildman–Crippen LogP) is 12.0. The zero-order chi connectivity index (χ0) is 34.9. The summed E-state index contributed by atoms with van der Waals surface area (Å²) in [5.74, 6) is 0. The summed E-state index contributed by atoms with van der Waals surface area (Å²) in [6.45, 7) is 0. The molecule has 1 spiro atoms. The van der Waals surface area contributed by atoms with Crippen molar-refractivity contribution in [2.45, 2.75) is 5.41 Å². The van der Waals surface area contributed by atoms with Crippen molar-refractivity contribution in [3.8, 4) is 67.2 Å². The van der Waals surface area contributed by atoms with Crippen LogP contribution in [-0.4, -0.2) is 15.0 Å². The topological polar surface area (TPSA) is 38.7 Å². The van der Waals surface area contributed by atoms with E-state index in [1.165, 1.54) is 50.1 Å². The lowest BCUT2D eigenvalue weighted by molar-refractivity contribution is 0.794. The summed E-state index contributed by atoms with van der Waals surface area (Å²) >= 11 is 0. The first-order valence-electron chi connectivity index (χ1n) is 18.1. The third kappa shape index (κ3) is 4.38. The lowest BCUT2D eigenvalue weighted by Crippen LogP contribution is -2.26. The van der Waals surface area contributed by atoms with Gasteiger partial charge in [-0.05, 0) is 92.0 Å². The van der Waals surface area contributed by atoms with E-state index in [4.69, 9.17) is 15.0 Å². The fraction of sp³-hybridized carbons (Fsp3) is 0.0200. The molecule has 53 heavy (non-hydrogen) atoms. The van der Waals surface area contributed by atoms with Crippen LogP contribution in [0.1, 0.15) is 22.3 Å². The number of rotatable bonds is 4. The number of benzene rings is 7. The van der Waals surface area contributed by atoms with Crippen molar-refractivity contribution in [3.63, 3.8) is 0 Å². The van der Waals surface area contributed by atoms with Crippen molar-refractivity contribution < 1.29 is 0 Å². The van der Waals surface area contributed by atoms with Gasteiger partial charge in [-0.25, -0.2) is 9.97 Å². The van der Waals surface area contributed by atoms with Crippen molar-refractivity contribution in [3.05, 3.63) is 210 Å². The first-order chi connectivity index (χ1) is 26.3. The lowest BCUT2D eigenvalue weighted by Gasteiger charge is -2.31. The van der Waals surface area contributed by atoms with E-state index in [2.05, 4.69) is 146 Å². The summed E-state index contributed by atoms with van der Waals surface area (Å²) in [7, 11) is 0. The van der Waals surface area contributed by atoms with Crippen molar-refractivity contribution >= 4 is 11.0 Å². The molecule has 0 amide bonds. The highest BCUT2D eigenvalue weighted by molar-refractivity contribution is 5.97. The molecule has 2 aromatic heterocycles. The molecular formula is C50H31N3. The molecule has 3 heteroatoms. The SMILES string of the molecule is c1ccc(-c2nc3ccccc3nc2-c2ccc(-c3ccc4c(c3)C3(c5ccccc5-c5ccccc53)c3cc(-c5ccccn5)ccc3-4)cc2)cc1. The summed E-state index contributed by atoms with van der Waals surface area (Å²) in [5, 5.41) is 0. The van der Waals surface area contributed by atoms with Crippen LogP contribution in [-0.2, 0) is 5.41 Å². The largest absolute Gasteiger partial charge is 0.256 e. The highest BCUT2D eigenvalue weighted by atomic mass is 14.8. The molecule has 0 atom stereocenters. The number of pyridine rings is 1. The van der Waals surface area contributed by atoms with Crippen LogP contribution in [0.15, 0.2) is 188 Å². The minimum Gasteiger partial charge on any atom is -0.256 e. The standard InChI is InChI=1S/C50H31N3/c1-2-12-33(13-3-1)48-49(53-47-20-9-8-19-46(47)52-48)34-23-21-32(22-24-34)35-25-27-39-40-28-26-36(45-18-10-11-29-51-45)31-44(40)50(43(39)30-35)41-16-6-4-14-37(41)38-15-5-7-17-42(38)50/h1-31H. The third-order valence-corrected chi connectivity index (χ3v) is 11.2. The molecule has 0 saturated heterocycles. The summed E-state index contributed by atoms with van der Waals surface area (Å²) in [6.07, 6.45) is 1.87. The number of nitrogens with zero attached hydrogens (tertiary/aromatic N) is 3. The second-order valence-electron chi connectivity index (χ2n) is 13.9. The van der Waals surface area contributed by atoms with Gasteiger partial charge in [0.25, 0.3) is 0 Å². The molecular weight excluding hydrogens is 643 g/mol. The maximum Gasteiger partial charge on any atom is 0.0973 e. The highest BCUT2D eigenvalue weighted by Crippen LogP contribution is 2.63. The molecule has 0 radical (unpaired) electrons. The minimum absolute atomic E-state index is 0.455. The van der Waals surface area contributed by atoms with Crippen LogP contribution in [0.4, 0.5) is 0 Å². The molecule has 0 bridgehead atoms. The Hall–Kier alpha value is -6.97. The number of fused-ring (bicyclic) bond motifs is 11. The van der Waals surface area contributed by atoms with Gasteiger partial charge in [-0.1, -0.05) is 146 Å². The Morgan fingerprint density at radius 1 is 0.321 bits per heavy atom. The second-order valence-corrected chi connectivity index (χ2v) is 13.9. The first kappa shape index (κ1) is 29.7. The van der Waals surface area contributed by atoms with Crippen molar-refractivity contribution in [2.24, 2.45) is 0 Å². The van der Waals surface area contributed by atoms with E-state index in [0.717, 1.165) is 50.4 Å². The predicted molar refractivity (Wildman–Crippen MR) is 215 cm³/mol. The fourth-order valence-corrected chi connectivity index (χ4v) is 8.83. The number of para-hydroxylation sites is 2. The zero-order valence-corrected chi connectivity index (χ0v) is 28.7. The van der Waals surface area contributed by atoms with E-state index in [1.54, 1.807) is 0 Å². The minimum atomic E-state index is -0.455. The van der Waals surface area contributed by atoms with E-state index in [1.807, 2.05) is 42.6 Å². The molecule has 0 saturated carbocycles. The lowest BCUT2D eigenvalue weighted by atomic mass is 9.70. The van der Waals surface area contributed by atoms with Crippen LogP contribution in [0.5, 0.6) is 0 Å². The van der Waals surface area contributed by atoms with E-state index in [9.17, 15) is 0 Å². The van der Waals surface area contributed by atoms with Crippen molar-refractivity contribution in [1.82, 2.24) is 15.0 Å². The molecule has 7 aromatic carbocycles. The monoisotopic (exact) mass is 673 g/mol. The molecule has 0 aliphatic heterocycles. The number of hydrogen-bond acceptors (Lipinski definition) is 3. The van der Waals surface area contributed by atoms with Gasteiger partial charge in [0, 0.05) is 22.9 Å². The van der Waals surface area contributed by atoms with Gasteiger partial charge in [-0.15, -0.1) is 0 Å². The Morgan fingerprint density at radius 2 is 0.792 bits per heavy atom. The molecule has 11 rings (SSSR count). The van der Waals surface area contributed by atoms with Crippen LogP contribution in [0.25, 0.3) is 78.2 Å². The Kier molecular flexibility index (Phi) is 6.47. The van der Waals surface area contributed by atoms with E-state index < -0.39 is 5.41 Å². The average Bonchev–Trinajstić information content (AvgIpc) is 3.70. The molecule has 9 aromatic rings. The summed E-state index contributed by atoms with van der Waals surface area (Å²) in [5.41, 5.74) is 20.1. The van der Waals surface area contributed by atoms with E-state index >= 15 is 0 Å². The molecule has 2 aliphatic carbocycles. The van der Waals surface area contributed by atoms with Gasteiger partial charge in [0.15, 0.2) is 0 Å². The third-order valence-electron chi connectivity index (χ3n) is 11.2. The van der Waals surface area contributed by atoms with Gasteiger partial charge in [0.05, 0.1) is 33.5 Å². The number of aromatic nitrogens is 3. The Balaban J connectivity index is 1.09. The van der Waals surface area contributed by atoms with E-state index in [-0.39, 0.29) is 0 Å². The maximum absolute atomic E-state index is 5.15. The normalized spacial score (nSPS) is 13.1. The quantitative estimate of drug-likeness (QED) is 0.187. The maximum atomic E-state index is 5.15. The van der Waals surface area contributed by atoms with Gasteiger partial charge in [-0.2, -0.15) is 0 Å². The second kappa shape index (κ2) is 11.5. The van der Waals surface area contributed by atoms with Crippen LogP contribution >= 0.6 is 0 Å². The summed E-state index contributed by atoms with van der Waals surface area (Å²) < 4.78 is 0. The van der Waals surface area contributed by atoms with Gasteiger partial charge < -0.3 is 0 Å². The van der Waals surface area contributed by atoms with Crippen molar-refractivity contribution in [2.75, 3.05) is 0 Å². The highest BCUT2D eigenvalue weighted by Gasteiger charge is 2.51. The molecule has 2 heterocycles. The van der Waals surface area contributed by atoms with E-state index in [0.29, 0.717) is 0 Å². The molecule has 0 N–H and O–H groups in total. The average molecular weight is 674 g/mol. The van der Waals surface area contributed by atoms with Crippen LogP contribution in [0.3, 0.4) is 0 Å². The first-order valence-corrected chi connectivity index (χ1v) is 18.1. The van der Waals surface area contributed by atoms with Gasteiger partial charge in [0.1, 0.15) is 0 Å².